The van der Waals surface area contributed by atoms with Gasteiger partial charge in [-0.2, -0.15) is 0 Å². The second kappa shape index (κ2) is 8.36. The van der Waals surface area contributed by atoms with E-state index in [1.165, 1.54) is 0 Å². The lowest BCUT2D eigenvalue weighted by atomic mass is 10.1. The molecule has 126 valence electrons. The minimum atomic E-state index is 0.225. The molecule has 3 aromatic rings. The number of hydrogen-bond acceptors (Lipinski definition) is 2. The van der Waals surface area contributed by atoms with E-state index in [1.807, 2.05) is 60.7 Å². The maximum atomic E-state index is 5.89. The summed E-state index contributed by atoms with van der Waals surface area (Å²) >= 11 is 5.65. The van der Waals surface area contributed by atoms with Crippen molar-refractivity contribution in [3.63, 3.8) is 0 Å². The molecule has 0 aliphatic rings. The highest BCUT2D eigenvalue weighted by atomic mass is 35.5. The van der Waals surface area contributed by atoms with Gasteiger partial charge in [-0.25, -0.2) is 4.99 Å². The quantitative estimate of drug-likeness (QED) is 0.379. The van der Waals surface area contributed by atoms with Crippen LogP contribution in [0.15, 0.2) is 83.9 Å². The van der Waals surface area contributed by atoms with Gasteiger partial charge in [0, 0.05) is 0 Å². The van der Waals surface area contributed by atoms with Gasteiger partial charge in [0.2, 0.25) is 0 Å². The van der Waals surface area contributed by atoms with Gasteiger partial charge in [0.15, 0.2) is 0 Å². The van der Waals surface area contributed by atoms with Crippen molar-refractivity contribution in [3.8, 4) is 16.9 Å². The fourth-order valence-electron chi connectivity index (χ4n) is 2.43. The number of hydrogen-bond donors (Lipinski definition) is 1. The topological polar surface area (TPSA) is 47.6 Å². The Kier molecular flexibility index (Phi) is 5.70. The van der Waals surface area contributed by atoms with Crippen LogP contribution in [-0.2, 0) is 6.61 Å². The van der Waals surface area contributed by atoms with Gasteiger partial charge in [-0.15, -0.1) is 11.6 Å². The first kappa shape index (κ1) is 17.1. The Morgan fingerprint density at radius 3 is 2.36 bits per heavy atom. The number of amidine groups is 1. The molecule has 0 radical (unpaired) electrons. The minimum Gasteiger partial charge on any atom is -0.489 e. The molecule has 0 heterocycles. The molecule has 2 N–H and O–H groups in total. The van der Waals surface area contributed by atoms with Crippen molar-refractivity contribution in [1.29, 1.82) is 0 Å². The first-order chi connectivity index (χ1) is 12.2. The number of alkyl halides is 1. The fourth-order valence-corrected chi connectivity index (χ4v) is 2.49. The first-order valence-corrected chi connectivity index (χ1v) is 8.54. The van der Waals surface area contributed by atoms with Gasteiger partial charge in [-0.3, -0.25) is 0 Å². The third-order valence-corrected chi connectivity index (χ3v) is 3.97. The highest BCUT2D eigenvalue weighted by Crippen LogP contribution is 2.26. The minimum absolute atomic E-state index is 0.225. The predicted octanol–water partition coefficient (Wildman–Crippen LogP) is 5.16. The molecule has 0 atom stereocenters. The summed E-state index contributed by atoms with van der Waals surface area (Å²) < 4.78 is 5.89. The average molecular weight is 351 g/mol. The molecule has 4 heteroatoms. The molecular weight excluding hydrogens is 332 g/mol. The van der Waals surface area contributed by atoms with E-state index in [0.29, 0.717) is 12.4 Å². The van der Waals surface area contributed by atoms with Crippen molar-refractivity contribution in [2.24, 2.45) is 10.7 Å². The number of nitrogens with two attached hydrogens (primary N) is 1. The second-order valence-electron chi connectivity index (χ2n) is 5.59. The van der Waals surface area contributed by atoms with E-state index >= 15 is 0 Å². The Bertz CT molecular complexity index is 845. The number of ether oxygens (including phenoxy) is 1. The maximum absolute atomic E-state index is 5.89. The largest absolute Gasteiger partial charge is 0.489 e. The summed E-state index contributed by atoms with van der Waals surface area (Å²) in [6.45, 7) is 0.551. The van der Waals surface area contributed by atoms with Gasteiger partial charge < -0.3 is 10.5 Å². The summed E-state index contributed by atoms with van der Waals surface area (Å²) in [6.07, 6.45) is 0. The summed E-state index contributed by atoms with van der Waals surface area (Å²) in [5.41, 5.74) is 9.77. The fraction of sp³-hybridized carbons (Fsp3) is 0.0952. The molecule has 3 nitrogen and oxygen atoms in total. The third-order valence-electron chi connectivity index (χ3n) is 3.69. The van der Waals surface area contributed by atoms with Gasteiger partial charge in [-0.1, -0.05) is 54.6 Å². The monoisotopic (exact) mass is 350 g/mol. The van der Waals surface area contributed by atoms with Crippen molar-refractivity contribution in [2.45, 2.75) is 6.61 Å². The van der Waals surface area contributed by atoms with Gasteiger partial charge in [0.25, 0.3) is 0 Å². The lowest BCUT2D eigenvalue weighted by Crippen LogP contribution is -2.12. The lowest BCUT2D eigenvalue weighted by Gasteiger charge is -2.09. The van der Waals surface area contributed by atoms with E-state index in [9.17, 15) is 0 Å². The normalized spacial score (nSPS) is 11.3. The smallest absolute Gasteiger partial charge is 0.120 e. The van der Waals surface area contributed by atoms with Crippen molar-refractivity contribution in [3.05, 3.63) is 84.4 Å². The molecule has 0 spiro atoms. The van der Waals surface area contributed by atoms with Crippen molar-refractivity contribution < 1.29 is 4.74 Å². The second-order valence-corrected chi connectivity index (χ2v) is 5.85. The van der Waals surface area contributed by atoms with E-state index in [-0.39, 0.29) is 5.88 Å². The van der Waals surface area contributed by atoms with Gasteiger partial charge in [0.1, 0.15) is 18.2 Å². The number of benzene rings is 3. The van der Waals surface area contributed by atoms with E-state index in [2.05, 4.69) is 23.2 Å². The van der Waals surface area contributed by atoms with Crippen LogP contribution >= 0.6 is 11.6 Å². The molecule has 0 aliphatic carbocycles. The first-order valence-electron chi connectivity index (χ1n) is 8.01. The van der Waals surface area contributed by atoms with Crippen molar-refractivity contribution in [2.75, 3.05) is 5.88 Å². The molecule has 0 aliphatic heterocycles. The molecule has 0 fully saturated rings. The Morgan fingerprint density at radius 2 is 1.64 bits per heavy atom. The van der Waals surface area contributed by atoms with Gasteiger partial charge >= 0.3 is 0 Å². The van der Waals surface area contributed by atoms with E-state index in [0.717, 1.165) is 28.1 Å². The Morgan fingerprint density at radius 1 is 0.880 bits per heavy atom. The van der Waals surface area contributed by atoms with Crippen LogP contribution in [0.5, 0.6) is 5.75 Å². The van der Waals surface area contributed by atoms with Crippen LogP contribution in [0.1, 0.15) is 5.56 Å². The van der Waals surface area contributed by atoms with E-state index < -0.39 is 0 Å². The summed E-state index contributed by atoms with van der Waals surface area (Å²) in [6, 6.07) is 26.0. The van der Waals surface area contributed by atoms with Crippen LogP contribution < -0.4 is 10.5 Å². The predicted molar refractivity (Wildman–Crippen MR) is 105 cm³/mol. The highest BCUT2D eigenvalue weighted by molar-refractivity contribution is 6.28. The van der Waals surface area contributed by atoms with Crippen LogP contribution in [0.3, 0.4) is 0 Å². The standard InChI is InChI=1S/C21H19ClN2O/c22-14-21(23)24-19-11-9-17(10-12-19)18-7-4-8-20(13-18)25-15-16-5-2-1-3-6-16/h1-13H,14-15H2,(H2,23,24). The molecule has 0 saturated heterocycles. The molecule has 0 amide bonds. The Hall–Kier alpha value is -2.78. The molecule has 25 heavy (non-hydrogen) atoms. The van der Waals surface area contributed by atoms with E-state index in [4.69, 9.17) is 22.1 Å². The summed E-state index contributed by atoms with van der Waals surface area (Å²) in [7, 11) is 0. The highest BCUT2D eigenvalue weighted by Gasteiger charge is 2.02. The summed E-state index contributed by atoms with van der Waals surface area (Å²) in [4.78, 5) is 4.23. The molecule has 3 rings (SSSR count). The number of aliphatic imine (C=N–C) groups is 1. The summed E-state index contributed by atoms with van der Waals surface area (Å²) in [5, 5.41) is 0. The number of rotatable bonds is 6. The van der Waals surface area contributed by atoms with Crippen LogP contribution in [0.2, 0.25) is 0 Å². The Balaban J connectivity index is 1.72. The van der Waals surface area contributed by atoms with E-state index in [1.54, 1.807) is 0 Å². The molecule has 0 unspecified atom stereocenters. The van der Waals surface area contributed by atoms with Crippen LogP contribution in [0, 0.1) is 0 Å². The maximum Gasteiger partial charge on any atom is 0.120 e. The lowest BCUT2D eigenvalue weighted by molar-refractivity contribution is 0.306. The van der Waals surface area contributed by atoms with Gasteiger partial charge in [-0.05, 0) is 41.0 Å². The molecule has 0 bridgehead atoms. The molecule has 0 aromatic heterocycles. The van der Waals surface area contributed by atoms with Crippen LogP contribution in [0.4, 0.5) is 5.69 Å². The van der Waals surface area contributed by atoms with Gasteiger partial charge in [0.05, 0.1) is 11.6 Å². The molecular formula is C21H19ClN2O. The number of halogens is 1. The number of nitrogens with zero attached hydrogens (tertiary/aromatic N) is 1. The molecule has 3 aromatic carbocycles. The molecule has 0 saturated carbocycles. The zero-order chi connectivity index (χ0) is 17.5. The SMILES string of the molecule is NC(CCl)=Nc1ccc(-c2cccc(OCc3ccccc3)c2)cc1. The van der Waals surface area contributed by atoms with Crippen LogP contribution in [0.25, 0.3) is 11.1 Å². The average Bonchev–Trinajstić information content (AvgIpc) is 2.68. The Labute approximate surface area is 152 Å². The zero-order valence-electron chi connectivity index (χ0n) is 13.7. The van der Waals surface area contributed by atoms with Crippen molar-refractivity contribution >= 4 is 23.1 Å². The van der Waals surface area contributed by atoms with Crippen LogP contribution in [-0.4, -0.2) is 11.7 Å². The summed E-state index contributed by atoms with van der Waals surface area (Å²) in [5.74, 6) is 1.48. The third kappa shape index (κ3) is 4.85. The zero-order valence-corrected chi connectivity index (χ0v) is 14.5. The van der Waals surface area contributed by atoms with Crippen molar-refractivity contribution in [1.82, 2.24) is 0 Å².